The molecule has 0 spiro atoms. The molecule has 4 aromatic carbocycles. The van der Waals surface area contributed by atoms with E-state index in [1.54, 1.807) is 17.0 Å². The van der Waals surface area contributed by atoms with Gasteiger partial charge in [0, 0.05) is 76.7 Å². The minimum absolute atomic E-state index is 0.0243. The molecule has 3 aliphatic rings. The zero-order valence-corrected chi connectivity index (χ0v) is 35.2. The van der Waals surface area contributed by atoms with Crippen molar-refractivity contribution < 1.29 is 41.8 Å². The Hall–Kier alpha value is -5.96. The van der Waals surface area contributed by atoms with Crippen LogP contribution in [0.25, 0.3) is 0 Å². The number of rotatable bonds is 13. The number of carbonyl (C=O) groups is 4. The number of para-hydroxylation sites is 1. The second-order valence-electron chi connectivity index (χ2n) is 15.9. The van der Waals surface area contributed by atoms with Crippen molar-refractivity contribution in [2.45, 2.75) is 63.3 Å². The van der Waals surface area contributed by atoms with Crippen LogP contribution in [-0.2, 0) is 46.2 Å². The van der Waals surface area contributed by atoms with E-state index in [0.717, 1.165) is 48.7 Å². The number of likely N-dealkylation sites (tertiary alicyclic amines) is 1. The van der Waals surface area contributed by atoms with Gasteiger partial charge in [0.25, 0.3) is 5.91 Å². The minimum Gasteiger partial charge on any atom is -0.436 e. The van der Waals surface area contributed by atoms with Gasteiger partial charge in [-0.2, -0.15) is 13.2 Å². The number of piperidine rings is 1. The first kappa shape index (κ1) is 44.1. The molecule has 2 saturated heterocycles. The van der Waals surface area contributed by atoms with Gasteiger partial charge in [0.05, 0.1) is 21.8 Å². The Balaban J connectivity index is 0.982. The summed E-state index contributed by atoms with van der Waals surface area (Å²) in [7, 11) is 1.84. The van der Waals surface area contributed by atoms with Crippen LogP contribution >= 0.6 is 11.6 Å². The topological polar surface area (TPSA) is 138 Å². The number of alkyl halides is 3. The van der Waals surface area contributed by atoms with Crippen molar-refractivity contribution >= 4 is 53.0 Å². The molecule has 0 radical (unpaired) electrons. The summed E-state index contributed by atoms with van der Waals surface area (Å²) in [5.74, 6) is -0.521. The maximum atomic E-state index is 14.2. The zero-order valence-electron chi connectivity index (χ0n) is 34.5. The Morgan fingerprint density at radius 1 is 0.919 bits per heavy atom. The van der Waals surface area contributed by atoms with E-state index >= 15 is 0 Å². The highest BCUT2D eigenvalue weighted by molar-refractivity contribution is 6.33. The zero-order chi connectivity index (χ0) is 44.0. The number of hydrogen-bond donors (Lipinski definition) is 2. The largest absolute Gasteiger partial charge is 0.436 e. The molecule has 12 nitrogen and oxygen atoms in total. The van der Waals surface area contributed by atoms with E-state index in [1.165, 1.54) is 27.0 Å². The number of halogens is 4. The van der Waals surface area contributed by atoms with E-state index in [1.807, 2.05) is 66.5 Å². The van der Waals surface area contributed by atoms with Gasteiger partial charge in [-0.1, -0.05) is 35.9 Å². The Labute approximate surface area is 363 Å². The van der Waals surface area contributed by atoms with Crippen molar-refractivity contribution in [2.24, 2.45) is 0 Å². The van der Waals surface area contributed by atoms with E-state index in [9.17, 15) is 32.3 Å². The molecule has 7 rings (SSSR count). The van der Waals surface area contributed by atoms with Gasteiger partial charge in [-0.05, 0) is 115 Å². The molecule has 3 amide bonds. The summed E-state index contributed by atoms with van der Waals surface area (Å²) in [6.45, 7) is 2.25. The lowest BCUT2D eigenvalue weighted by atomic mass is 10.0. The number of nitrogen functional groups attached to an aromatic ring is 1. The number of nitrogens with zero attached hydrogens (tertiary/aromatic N) is 4. The number of nitrogens with two attached hydrogens (primary N) is 1. The Morgan fingerprint density at radius 3 is 2.32 bits per heavy atom. The summed E-state index contributed by atoms with van der Waals surface area (Å²) < 4.78 is 53.3. The number of aryl methyl sites for hydroxylation is 2. The maximum Gasteiger partial charge on any atom is 0.418 e. The second kappa shape index (κ2) is 19.4. The molecule has 3 N–H and O–H groups in total. The van der Waals surface area contributed by atoms with Crippen molar-refractivity contribution in [3.63, 3.8) is 0 Å². The van der Waals surface area contributed by atoms with Crippen LogP contribution in [0.15, 0.2) is 78.9 Å². The van der Waals surface area contributed by atoms with Crippen molar-refractivity contribution in [1.82, 2.24) is 14.7 Å². The molecule has 328 valence electrons. The quantitative estimate of drug-likeness (QED) is 0.0616. The summed E-state index contributed by atoms with van der Waals surface area (Å²) in [5.41, 5.74) is 9.68. The van der Waals surface area contributed by atoms with Gasteiger partial charge in [0.2, 0.25) is 6.41 Å². The molecule has 2 fully saturated rings. The number of anilines is 3. The van der Waals surface area contributed by atoms with E-state index in [-0.39, 0.29) is 49.2 Å². The van der Waals surface area contributed by atoms with E-state index < -0.39 is 41.5 Å². The van der Waals surface area contributed by atoms with Gasteiger partial charge < -0.3 is 40.1 Å². The molecule has 0 saturated carbocycles. The van der Waals surface area contributed by atoms with Crippen LogP contribution in [0.4, 0.5) is 35.0 Å². The molecule has 0 unspecified atom stereocenters. The predicted octanol–water partition coefficient (Wildman–Crippen LogP) is 7.25. The Bertz CT molecular complexity index is 2260. The van der Waals surface area contributed by atoms with Crippen LogP contribution in [0.5, 0.6) is 5.75 Å². The summed E-state index contributed by atoms with van der Waals surface area (Å²) in [4.78, 5) is 59.7. The normalized spacial score (nSPS) is 16.0. The molecule has 1 aliphatic carbocycles. The van der Waals surface area contributed by atoms with Crippen LogP contribution in [-0.4, -0.2) is 104 Å². The Morgan fingerprint density at radius 2 is 1.63 bits per heavy atom. The number of piperazine rings is 1. The molecule has 16 heteroatoms. The minimum atomic E-state index is -4.81. The molecule has 1 atom stereocenters. The van der Waals surface area contributed by atoms with Gasteiger partial charge in [-0.25, -0.2) is 9.59 Å². The number of fused-ring (bicyclic) bond motifs is 1. The van der Waals surface area contributed by atoms with Crippen LogP contribution in [0.2, 0.25) is 5.02 Å². The average Bonchev–Trinajstić information content (AvgIpc) is 3.75. The lowest BCUT2D eigenvalue weighted by Crippen LogP contribution is -2.53. The number of ether oxygens (including phenoxy) is 2. The lowest BCUT2D eigenvalue weighted by molar-refractivity contribution is -0.141. The Kier molecular flexibility index (Phi) is 13.8. The number of amides is 3. The number of nitrogens with one attached hydrogen (secondary N) is 1. The SMILES string of the molecule is CNc1ccccc1CCN(C=O)C1CCN(C(=O)O[C@H](Cc2cc(Cl)c(N)c(C(F)(F)F)c2)C(=O)N2CCN(c3ccc(C(=O)Oc4ccc5c(c4)CCC5)cc3)CC2)CC1. The third-order valence-corrected chi connectivity index (χ3v) is 12.3. The fourth-order valence-electron chi connectivity index (χ4n) is 8.52. The molecule has 62 heavy (non-hydrogen) atoms. The first-order chi connectivity index (χ1) is 29.8. The molecule has 0 aromatic heterocycles. The predicted molar refractivity (Wildman–Crippen MR) is 231 cm³/mol. The van der Waals surface area contributed by atoms with Crippen molar-refractivity contribution in [3.8, 4) is 5.75 Å². The highest BCUT2D eigenvalue weighted by Crippen LogP contribution is 2.38. The fourth-order valence-corrected chi connectivity index (χ4v) is 8.77. The maximum absolute atomic E-state index is 14.2. The third kappa shape index (κ3) is 10.4. The monoisotopic (exact) mass is 874 g/mol. The summed E-state index contributed by atoms with van der Waals surface area (Å²) >= 11 is 6.14. The average molecular weight is 875 g/mol. The van der Waals surface area contributed by atoms with E-state index in [4.69, 9.17) is 26.8 Å². The van der Waals surface area contributed by atoms with Gasteiger partial charge in [-0.15, -0.1) is 0 Å². The molecule has 4 aromatic rings. The summed E-state index contributed by atoms with van der Waals surface area (Å²) in [5, 5.41) is 2.83. The van der Waals surface area contributed by atoms with Crippen LogP contribution < -0.4 is 20.7 Å². The molecule has 2 aliphatic heterocycles. The molecular formula is C46H50ClF3N6O6. The standard InChI is InChI=1S/C46H50ClF3N6O6/c1-52-40-8-3-2-5-32(40)15-18-56(29-57)36-16-19-55(20-17-36)45(60)62-41(27-30-25-38(46(48,49)50)42(51)39(47)26-30)43(58)54-23-21-53(22-24-54)35-12-9-33(10-13-35)44(59)61-37-14-11-31-6-4-7-34(31)28-37/h2-3,5,8-14,25-26,28-29,36,41,52H,4,6-7,15-24,27,51H2,1H3/t41-/m1/s1. The van der Waals surface area contributed by atoms with Crippen molar-refractivity contribution in [3.05, 3.63) is 117 Å². The highest BCUT2D eigenvalue weighted by Gasteiger charge is 2.37. The van der Waals surface area contributed by atoms with E-state index in [0.29, 0.717) is 50.2 Å². The second-order valence-corrected chi connectivity index (χ2v) is 16.3. The molecular weight excluding hydrogens is 825 g/mol. The van der Waals surface area contributed by atoms with Gasteiger partial charge >= 0.3 is 18.2 Å². The van der Waals surface area contributed by atoms with Crippen molar-refractivity contribution in [1.29, 1.82) is 0 Å². The van der Waals surface area contributed by atoms with Gasteiger partial charge in [0.1, 0.15) is 5.75 Å². The smallest absolute Gasteiger partial charge is 0.418 e. The molecule has 0 bridgehead atoms. The van der Waals surface area contributed by atoms with Crippen LogP contribution in [0.1, 0.15) is 57.4 Å². The van der Waals surface area contributed by atoms with Gasteiger partial charge in [0.15, 0.2) is 6.10 Å². The number of hydrogen-bond acceptors (Lipinski definition) is 9. The highest BCUT2D eigenvalue weighted by atomic mass is 35.5. The third-order valence-electron chi connectivity index (χ3n) is 12.0. The molecule has 2 heterocycles. The first-order valence-corrected chi connectivity index (χ1v) is 21.2. The lowest BCUT2D eigenvalue weighted by Gasteiger charge is -2.38. The number of esters is 1. The summed E-state index contributed by atoms with van der Waals surface area (Å²) in [6.07, 6.45) is -1.94. The summed E-state index contributed by atoms with van der Waals surface area (Å²) in [6, 6.07) is 22.5. The van der Waals surface area contributed by atoms with Crippen molar-refractivity contribution in [2.75, 3.05) is 68.8 Å². The number of benzene rings is 4. The fraction of sp³-hybridized carbons (Fsp3) is 0.391. The van der Waals surface area contributed by atoms with Crippen LogP contribution in [0, 0.1) is 0 Å². The van der Waals surface area contributed by atoms with E-state index in [2.05, 4.69) is 5.32 Å². The number of carbonyl (C=O) groups excluding carboxylic acids is 4. The van der Waals surface area contributed by atoms with Gasteiger partial charge in [-0.3, -0.25) is 9.59 Å². The van der Waals surface area contributed by atoms with Crippen LogP contribution in [0.3, 0.4) is 0 Å². The first-order valence-electron chi connectivity index (χ1n) is 20.9.